The van der Waals surface area contributed by atoms with E-state index in [0.29, 0.717) is 22.1 Å². The van der Waals surface area contributed by atoms with Crippen LogP contribution < -0.4 is 10.6 Å². The molecule has 2 amide bonds. The number of thiazole rings is 1. The SMILES string of the molecule is C[C@H](NC(=O)c1ccccc1Cl)C(=O)NCc1ccc(-c2nc3ccccc3s2)o1. The normalized spacial score (nSPS) is 11.9. The van der Waals surface area contributed by atoms with E-state index in [1.54, 1.807) is 48.6 Å². The van der Waals surface area contributed by atoms with E-state index in [2.05, 4.69) is 15.6 Å². The molecule has 2 N–H and O–H groups in total. The number of halogens is 1. The van der Waals surface area contributed by atoms with Crippen LogP contribution in [0.25, 0.3) is 21.0 Å². The second-order valence-electron chi connectivity index (χ2n) is 6.65. The number of aromatic nitrogens is 1. The Morgan fingerprint density at radius 2 is 1.87 bits per heavy atom. The van der Waals surface area contributed by atoms with Crippen LogP contribution in [-0.4, -0.2) is 22.8 Å². The Balaban J connectivity index is 1.35. The van der Waals surface area contributed by atoms with Gasteiger partial charge in [0.25, 0.3) is 5.91 Å². The smallest absolute Gasteiger partial charge is 0.253 e. The van der Waals surface area contributed by atoms with Crippen molar-refractivity contribution < 1.29 is 14.0 Å². The molecule has 2 aromatic carbocycles. The van der Waals surface area contributed by atoms with Crippen molar-refractivity contribution in [2.45, 2.75) is 19.5 Å². The summed E-state index contributed by atoms with van der Waals surface area (Å²) >= 11 is 7.57. The van der Waals surface area contributed by atoms with Crippen LogP contribution in [0.15, 0.2) is 65.1 Å². The zero-order chi connectivity index (χ0) is 21.1. The fourth-order valence-electron chi connectivity index (χ4n) is 2.88. The summed E-state index contributed by atoms with van der Waals surface area (Å²) in [5.41, 5.74) is 1.25. The van der Waals surface area contributed by atoms with Crippen LogP contribution in [0.5, 0.6) is 0 Å². The molecular weight excluding hydrogens is 422 g/mol. The molecule has 6 nitrogen and oxygen atoms in total. The third-order valence-corrected chi connectivity index (χ3v) is 5.84. The second-order valence-corrected chi connectivity index (χ2v) is 8.08. The molecule has 4 aromatic rings. The Hall–Kier alpha value is -3.16. The number of nitrogens with one attached hydrogen (secondary N) is 2. The quantitative estimate of drug-likeness (QED) is 0.458. The number of hydrogen-bond acceptors (Lipinski definition) is 5. The Labute approximate surface area is 181 Å². The zero-order valence-electron chi connectivity index (χ0n) is 16.0. The second kappa shape index (κ2) is 8.69. The van der Waals surface area contributed by atoms with E-state index in [-0.39, 0.29) is 12.5 Å². The number of furan rings is 1. The summed E-state index contributed by atoms with van der Waals surface area (Å²) in [7, 11) is 0. The van der Waals surface area contributed by atoms with Crippen molar-refractivity contribution >= 4 is 45.0 Å². The minimum atomic E-state index is -0.729. The van der Waals surface area contributed by atoms with Gasteiger partial charge in [0, 0.05) is 0 Å². The van der Waals surface area contributed by atoms with Crippen LogP contribution in [0.3, 0.4) is 0 Å². The molecule has 8 heteroatoms. The highest BCUT2D eigenvalue weighted by Gasteiger charge is 2.18. The summed E-state index contributed by atoms with van der Waals surface area (Å²) in [5, 5.41) is 6.53. The molecule has 0 radical (unpaired) electrons. The molecule has 0 fully saturated rings. The number of hydrogen-bond donors (Lipinski definition) is 2. The highest BCUT2D eigenvalue weighted by Crippen LogP contribution is 2.31. The largest absolute Gasteiger partial charge is 0.457 e. The fraction of sp³-hybridized carbons (Fsp3) is 0.136. The molecule has 0 aliphatic carbocycles. The molecule has 152 valence electrons. The minimum Gasteiger partial charge on any atom is -0.457 e. The van der Waals surface area contributed by atoms with Crippen molar-refractivity contribution in [2.24, 2.45) is 0 Å². The summed E-state index contributed by atoms with van der Waals surface area (Å²) < 4.78 is 6.91. The standard InChI is InChI=1S/C22H18ClN3O3S/c1-13(25-21(28)15-6-2-3-7-16(15)23)20(27)24-12-14-10-11-18(29-14)22-26-17-8-4-5-9-19(17)30-22/h2-11,13H,12H2,1H3,(H,24,27)(H,25,28)/t13-/m0/s1. The number of rotatable bonds is 6. The molecule has 0 aliphatic heterocycles. The summed E-state index contributed by atoms with van der Waals surface area (Å²) in [4.78, 5) is 29.2. The van der Waals surface area contributed by atoms with Crippen LogP contribution in [0, 0.1) is 0 Å². The first-order valence-electron chi connectivity index (χ1n) is 9.29. The third-order valence-electron chi connectivity index (χ3n) is 4.46. The summed E-state index contributed by atoms with van der Waals surface area (Å²) in [6.07, 6.45) is 0. The van der Waals surface area contributed by atoms with E-state index < -0.39 is 11.9 Å². The lowest BCUT2D eigenvalue weighted by atomic mass is 10.2. The Kier molecular flexibility index (Phi) is 5.83. The Morgan fingerprint density at radius 3 is 2.67 bits per heavy atom. The van der Waals surface area contributed by atoms with E-state index in [0.717, 1.165) is 15.2 Å². The van der Waals surface area contributed by atoms with Crippen molar-refractivity contribution in [1.82, 2.24) is 15.6 Å². The first-order chi connectivity index (χ1) is 14.5. The van der Waals surface area contributed by atoms with Gasteiger partial charge in [0.1, 0.15) is 11.8 Å². The maximum Gasteiger partial charge on any atom is 0.253 e. The monoisotopic (exact) mass is 439 g/mol. The number of fused-ring (bicyclic) bond motifs is 1. The number of carbonyl (C=O) groups is 2. The molecule has 30 heavy (non-hydrogen) atoms. The molecule has 2 heterocycles. The number of para-hydroxylation sites is 1. The minimum absolute atomic E-state index is 0.204. The first kappa shape index (κ1) is 20.1. The average Bonchev–Trinajstić information content (AvgIpc) is 3.38. The number of carbonyl (C=O) groups excluding carboxylic acids is 2. The average molecular weight is 440 g/mol. The topological polar surface area (TPSA) is 84.2 Å². The van der Waals surface area contributed by atoms with Crippen LogP contribution in [0.1, 0.15) is 23.0 Å². The van der Waals surface area contributed by atoms with Gasteiger partial charge in [-0.05, 0) is 43.3 Å². The van der Waals surface area contributed by atoms with Gasteiger partial charge in [-0.1, -0.05) is 35.9 Å². The van der Waals surface area contributed by atoms with Crippen molar-refractivity contribution in [2.75, 3.05) is 0 Å². The highest BCUT2D eigenvalue weighted by atomic mass is 35.5. The van der Waals surface area contributed by atoms with Crippen LogP contribution in [-0.2, 0) is 11.3 Å². The van der Waals surface area contributed by atoms with Gasteiger partial charge in [-0.2, -0.15) is 0 Å². The molecule has 0 bridgehead atoms. The lowest BCUT2D eigenvalue weighted by Gasteiger charge is -2.14. The van der Waals surface area contributed by atoms with Gasteiger partial charge in [0.2, 0.25) is 5.91 Å². The Morgan fingerprint density at radius 1 is 1.10 bits per heavy atom. The van der Waals surface area contributed by atoms with Crippen molar-refractivity contribution in [3.8, 4) is 10.8 Å². The molecular formula is C22H18ClN3O3S. The lowest BCUT2D eigenvalue weighted by molar-refractivity contribution is -0.122. The predicted octanol–water partition coefficient (Wildman–Crippen LogP) is 4.64. The molecule has 2 aromatic heterocycles. The van der Waals surface area contributed by atoms with Gasteiger partial charge in [-0.25, -0.2) is 4.98 Å². The molecule has 0 saturated heterocycles. The van der Waals surface area contributed by atoms with E-state index in [1.807, 2.05) is 30.3 Å². The van der Waals surface area contributed by atoms with Crippen LogP contribution >= 0.6 is 22.9 Å². The fourth-order valence-corrected chi connectivity index (χ4v) is 4.03. The van der Waals surface area contributed by atoms with Gasteiger partial charge in [-0.3, -0.25) is 9.59 Å². The molecule has 0 saturated carbocycles. The predicted molar refractivity (Wildman–Crippen MR) is 118 cm³/mol. The summed E-state index contributed by atoms with van der Waals surface area (Å²) in [5.74, 6) is 0.524. The molecule has 0 spiro atoms. The van der Waals surface area contributed by atoms with Crippen molar-refractivity contribution in [3.63, 3.8) is 0 Å². The number of nitrogens with zero attached hydrogens (tertiary/aromatic N) is 1. The van der Waals surface area contributed by atoms with Gasteiger partial charge in [0.15, 0.2) is 10.8 Å². The van der Waals surface area contributed by atoms with Gasteiger partial charge < -0.3 is 15.1 Å². The summed E-state index contributed by atoms with van der Waals surface area (Å²) in [6.45, 7) is 1.81. The lowest BCUT2D eigenvalue weighted by Crippen LogP contribution is -2.44. The van der Waals surface area contributed by atoms with Gasteiger partial charge >= 0.3 is 0 Å². The van der Waals surface area contributed by atoms with E-state index >= 15 is 0 Å². The first-order valence-corrected chi connectivity index (χ1v) is 10.5. The van der Waals surface area contributed by atoms with E-state index in [9.17, 15) is 9.59 Å². The number of amides is 2. The maximum atomic E-state index is 12.4. The van der Waals surface area contributed by atoms with Crippen molar-refractivity contribution in [3.05, 3.63) is 77.0 Å². The molecule has 1 atom stereocenters. The van der Waals surface area contributed by atoms with Crippen LogP contribution in [0.4, 0.5) is 0 Å². The van der Waals surface area contributed by atoms with E-state index in [1.165, 1.54) is 0 Å². The van der Waals surface area contributed by atoms with Crippen molar-refractivity contribution in [1.29, 1.82) is 0 Å². The summed E-state index contributed by atoms with van der Waals surface area (Å²) in [6, 6.07) is 17.5. The molecule has 0 unspecified atom stereocenters. The van der Waals surface area contributed by atoms with Gasteiger partial charge in [-0.15, -0.1) is 11.3 Å². The Bertz CT molecular complexity index is 1180. The van der Waals surface area contributed by atoms with Crippen LogP contribution in [0.2, 0.25) is 5.02 Å². The highest BCUT2D eigenvalue weighted by molar-refractivity contribution is 7.21. The number of benzene rings is 2. The van der Waals surface area contributed by atoms with Gasteiger partial charge in [0.05, 0.1) is 27.3 Å². The zero-order valence-corrected chi connectivity index (χ0v) is 17.6. The molecule has 4 rings (SSSR count). The molecule has 0 aliphatic rings. The van der Waals surface area contributed by atoms with E-state index in [4.69, 9.17) is 16.0 Å². The maximum absolute atomic E-state index is 12.4. The third kappa shape index (κ3) is 4.37.